The summed E-state index contributed by atoms with van der Waals surface area (Å²) in [6, 6.07) is 0. The van der Waals surface area contributed by atoms with Crippen LogP contribution >= 0.6 is 0 Å². The van der Waals surface area contributed by atoms with Crippen molar-refractivity contribution in [3.05, 3.63) is 0 Å². The summed E-state index contributed by atoms with van der Waals surface area (Å²) >= 11 is 0. The molecule has 4 saturated carbocycles. The molecule has 4 aliphatic carbocycles. The summed E-state index contributed by atoms with van der Waals surface area (Å²) in [7, 11) is 0. The SMILES string of the molecule is CC.CC(CCC(=O)O)C1CCC2C3CCC4CC(=O)CCC4(C)C3CCC12C. The van der Waals surface area contributed by atoms with Crippen molar-refractivity contribution in [3.63, 3.8) is 0 Å². The highest BCUT2D eigenvalue weighted by Gasteiger charge is 2.60. The first-order valence-corrected chi connectivity index (χ1v) is 12.5. The van der Waals surface area contributed by atoms with Gasteiger partial charge in [0.15, 0.2) is 0 Å². The van der Waals surface area contributed by atoms with Crippen LogP contribution in [0.1, 0.15) is 105 Å². The third kappa shape index (κ3) is 3.92. The number of rotatable bonds is 4. The van der Waals surface area contributed by atoms with Crippen LogP contribution in [0.5, 0.6) is 0 Å². The first-order chi connectivity index (χ1) is 13.8. The second kappa shape index (κ2) is 8.71. The van der Waals surface area contributed by atoms with Crippen LogP contribution in [0.4, 0.5) is 0 Å². The Balaban J connectivity index is 0.00000117. The van der Waals surface area contributed by atoms with Crippen LogP contribution < -0.4 is 0 Å². The summed E-state index contributed by atoms with van der Waals surface area (Å²) < 4.78 is 0. The monoisotopic (exact) mass is 404 g/mol. The van der Waals surface area contributed by atoms with Gasteiger partial charge in [-0.3, -0.25) is 9.59 Å². The Bertz CT molecular complexity index is 613. The fraction of sp³-hybridized carbons (Fsp3) is 0.923. The summed E-state index contributed by atoms with van der Waals surface area (Å²) in [4.78, 5) is 23.1. The van der Waals surface area contributed by atoms with E-state index in [0.29, 0.717) is 40.8 Å². The first-order valence-electron chi connectivity index (χ1n) is 12.5. The molecule has 0 amide bonds. The van der Waals surface area contributed by atoms with Crippen LogP contribution in [0.25, 0.3) is 0 Å². The van der Waals surface area contributed by atoms with Gasteiger partial charge in [0.1, 0.15) is 5.78 Å². The minimum Gasteiger partial charge on any atom is -0.481 e. The van der Waals surface area contributed by atoms with Crippen molar-refractivity contribution < 1.29 is 14.7 Å². The summed E-state index contributed by atoms with van der Waals surface area (Å²) in [6.07, 6.45) is 11.8. The number of aliphatic carboxylic acids is 1. The number of ketones is 1. The molecule has 4 aliphatic rings. The second-order valence-electron chi connectivity index (χ2n) is 11.0. The molecule has 0 spiro atoms. The van der Waals surface area contributed by atoms with Crippen LogP contribution in [0.15, 0.2) is 0 Å². The van der Waals surface area contributed by atoms with E-state index in [0.717, 1.165) is 43.4 Å². The largest absolute Gasteiger partial charge is 0.481 e. The topological polar surface area (TPSA) is 54.4 Å². The molecule has 0 saturated heterocycles. The van der Waals surface area contributed by atoms with E-state index in [-0.39, 0.29) is 0 Å². The van der Waals surface area contributed by atoms with Gasteiger partial charge in [-0.15, -0.1) is 0 Å². The van der Waals surface area contributed by atoms with Crippen molar-refractivity contribution >= 4 is 11.8 Å². The molecule has 166 valence electrons. The number of fused-ring (bicyclic) bond motifs is 5. The minimum absolute atomic E-state index is 0.318. The number of carboxylic acid groups (broad SMARTS) is 1. The maximum atomic E-state index is 12.0. The van der Waals surface area contributed by atoms with Gasteiger partial charge in [0.05, 0.1) is 0 Å². The van der Waals surface area contributed by atoms with E-state index in [9.17, 15) is 9.59 Å². The molecular weight excluding hydrogens is 360 g/mol. The molecule has 0 radical (unpaired) electrons. The Morgan fingerprint density at radius 1 is 1.03 bits per heavy atom. The number of hydrogen-bond donors (Lipinski definition) is 1. The summed E-state index contributed by atoms with van der Waals surface area (Å²) in [5.74, 6) is 4.19. The zero-order chi connectivity index (χ0) is 21.4. The second-order valence-corrected chi connectivity index (χ2v) is 11.0. The van der Waals surface area contributed by atoms with Crippen LogP contribution in [-0.2, 0) is 9.59 Å². The molecule has 0 bridgehead atoms. The molecule has 0 aromatic carbocycles. The molecule has 8 atom stereocenters. The predicted molar refractivity (Wildman–Crippen MR) is 118 cm³/mol. The molecule has 0 aliphatic heterocycles. The van der Waals surface area contributed by atoms with Crippen LogP contribution in [-0.4, -0.2) is 16.9 Å². The molecule has 3 nitrogen and oxygen atoms in total. The fourth-order valence-corrected chi connectivity index (χ4v) is 8.57. The Morgan fingerprint density at radius 3 is 2.41 bits per heavy atom. The Labute approximate surface area is 178 Å². The number of carboxylic acids is 1. The molecule has 3 heteroatoms. The normalized spacial score (nSPS) is 44.6. The van der Waals surface area contributed by atoms with E-state index in [2.05, 4.69) is 20.8 Å². The average Bonchev–Trinajstić information content (AvgIpc) is 3.05. The van der Waals surface area contributed by atoms with Gasteiger partial charge in [-0.25, -0.2) is 0 Å². The van der Waals surface area contributed by atoms with Gasteiger partial charge in [0.25, 0.3) is 0 Å². The van der Waals surface area contributed by atoms with Gasteiger partial charge < -0.3 is 5.11 Å². The Kier molecular flexibility index (Phi) is 6.85. The highest BCUT2D eigenvalue weighted by Crippen LogP contribution is 2.68. The standard InChI is InChI=1S/C24H38O3.C2H6/c1-15(4-9-22(26)27)19-7-8-20-18-6-5-16-14-17(25)10-12-23(16,2)21(18)11-13-24(19,20)3;1-2/h15-16,18-21H,4-14H2,1-3H3,(H,26,27);1-2H3. The van der Waals surface area contributed by atoms with E-state index >= 15 is 0 Å². The fourth-order valence-electron chi connectivity index (χ4n) is 8.57. The zero-order valence-corrected chi connectivity index (χ0v) is 19.5. The van der Waals surface area contributed by atoms with Gasteiger partial charge in [0, 0.05) is 19.3 Å². The van der Waals surface area contributed by atoms with Crippen molar-refractivity contribution in [2.24, 2.45) is 46.3 Å². The highest BCUT2D eigenvalue weighted by atomic mass is 16.4. The van der Waals surface area contributed by atoms with Crippen LogP contribution in [0.3, 0.4) is 0 Å². The van der Waals surface area contributed by atoms with Gasteiger partial charge in [0.2, 0.25) is 0 Å². The van der Waals surface area contributed by atoms with E-state index in [1.165, 1.54) is 38.5 Å². The molecule has 8 unspecified atom stereocenters. The molecule has 0 aromatic heterocycles. The van der Waals surface area contributed by atoms with Gasteiger partial charge in [-0.1, -0.05) is 34.6 Å². The van der Waals surface area contributed by atoms with E-state index in [1.807, 2.05) is 13.8 Å². The lowest BCUT2D eigenvalue weighted by molar-refractivity contribution is -0.140. The first kappa shape index (κ1) is 22.8. The molecule has 0 heterocycles. The number of carbonyl (C=O) groups is 2. The molecule has 4 fully saturated rings. The maximum Gasteiger partial charge on any atom is 0.303 e. The Hall–Kier alpha value is -0.860. The number of hydrogen-bond acceptors (Lipinski definition) is 2. The minimum atomic E-state index is -0.650. The van der Waals surface area contributed by atoms with Crippen molar-refractivity contribution in [1.82, 2.24) is 0 Å². The summed E-state index contributed by atoms with van der Waals surface area (Å²) in [5.41, 5.74) is 0.804. The van der Waals surface area contributed by atoms with Gasteiger partial charge >= 0.3 is 5.97 Å². The number of carbonyl (C=O) groups excluding carboxylic acids is 1. The number of Topliss-reactive ketones (excluding diaryl/α,β-unsaturated/α-hetero) is 1. The summed E-state index contributed by atoms with van der Waals surface area (Å²) in [6.45, 7) is 11.4. The molecular formula is C26H44O3. The van der Waals surface area contributed by atoms with E-state index < -0.39 is 5.97 Å². The van der Waals surface area contributed by atoms with Crippen LogP contribution in [0, 0.1) is 46.3 Å². The predicted octanol–water partition coefficient (Wildman–Crippen LogP) is 6.74. The molecule has 1 N–H and O–H groups in total. The van der Waals surface area contributed by atoms with E-state index in [4.69, 9.17) is 5.11 Å². The molecule has 0 aromatic rings. The molecule has 4 rings (SSSR count). The average molecular weight is 405 g/mol. The van der Waals surface area contributed by atoms with Crippen molar-refractivity contribution in [3.8, 4) is 0 Å². The molecule has 29 heavy (non-hydrogen) atoms. The third-order valence-electron chi connectivity index (χ3n) is 10.1. The van der Waals surface area contributed by atoms with Gasteiger partial charge in [-0.2, -0.15) is 0 Å². The lowest BCUT2D eigenvalue weighted by Crippen LogP contribution is -2.53. The zero-order valence-electron chi connectivity index (χ0n) is 19.5. The van der Waals surface area contributed by atoms with Crippen LogP contribution in [0.2, 0.25) is 0 Å². The van der Waals surface area contributed by atoms with Crippen molar-refractivity contribution in [2.75, 3.05) is 0 Å². The Morgan fingerprint density at radius 2 is 1.72 bits per heavy atom. The van der Waals surface area contributed by atoms with Gasteiger partial charge in [-0.05, 0) is 97.7 Å². The maximum absolute atomic E-state index is 12.0. The van der Waals surface area contributed by atoms with E-state index in [1.54, 1.807) is 0 Å². The quantitative estimate of drug-likeness (QED) is 0.564. The third-order valence-corrected chi connectivity index (χ3v) is 10.1. The smallest absolute Gasteiger partial charge is 0.303 e. The highest BCUT2D eigenvalue weighted by molar-refractivity contribution is 5.79. The lowest BCUT2D eigenvalue weighted by atomic mass is 9.44. The van der Waals surface area contributed by atoms with Crippen molar-refractivity contribution in [2.45, 2.75) is 105 Å². The van der Waals surface area contributed by atoms with Crippen molar-refractivity contribution in [1.29, 1.82) is 0 Å². The summed E-state index contributed by atoms with van der Waals surface area (Å²) in [5, 5.41) is 9.09. The lowest BCUT2D eigenvalue weighted by Gasteiger charge is -2.60.